The maximum absolute atomic E-state index is 12.9. The Morgan fingerprint density at radius 2 is 1.86 bits per heavy atom. The molecule has 3 aliphatic rings. The minimum atomic E-state index is -0.926. The van der Waals surface area contributed by atoms with Crippen LogP contribution >= 0.6 is 23.2 Å². The van der Waals surface area contributed by atoms with Gasteiger partial charge in [-0.2, -0.15) is 0 Å². The van der Waals surface area contributed by atoms with Crippen LogP contribution in [0.3, 0.4) is 0 Å². The third-order valence-electron chi connectivity index (χ3n) is 6.78. The zero-order chi connectivity index (χ0) is 20.6. The molecule has 2 saturated heterocycles. The molecule has 0 bridgehead atoms. The molecule has 0 aromatic heterocycles. The van der Waals surface area contributed by atoms with E-state index >= 15 is 0 Å². The molecule has 0 radical (unpaired) electrons. The van der Waals surface area contributed by atoms with Gasteiger partial charge in [0.1, 0.15) is 10.1 Å². The van der Waals surface area contributed by atoms with Crippen molar-refractivity contribution in [1.82, 2.24) is 10.2 Å². The van der Waals surface area contributed by atoms with E-state index in [4.69, 9.17) is 27.9 Å². The molecule has 1 aromatic rings. The summed E-state index contributed by atoms with van der Waals surface area (Å²) in [6, 6.07) is 8.40. The van der Waals surface area contributed by atoms with Crippen LogP contribution in [0.15, 0.2) is 24.3 Å². The van der Waals surface area contributed by atoms with Gasteiger partial charge in [-0.15, -0.1) is 23.2 Å². The van der Waals surface area contributed by atoms with E-state index in [1.165, 1.54) is 45.2 Å². The fourth-order valence-electron chi connectivity index (χ4n) is 4.94. The first-order chi connectivity index (χ1) is 13.8. The van der Waals surface area contributed by atoms with E-state index in [9.17, 15) is 4.79 Å². The Bertz CT molecular complexity index is 733. The minimum absolute atomic E-state index is 0.0581. The van der Waals surface area contributed by atoms with E-state index in [0.29, 0.717) is 17.7 Å². The van der Waals surface area contributed by atoms with Crippen LogP contribution in [-0.2, 0) is 4.79 Å². The van der Waals surface area contributed by atoms with Crippen LogP contribution in [-0.4, -0.2) is 46.4 Å². The maximum Gasteiger partial charge on any atom is 0.263 e. The lowest BCUT2D eigenvalue weighted by atomic mass is 9.83. The highest BCUT2D eigenvalue weighted by molar-refractivity contribution is 6.51. The van der Waals surface area contributed by atoms with Crippen LogP contribution in [0.2, 0.25) is 0 Å². The minimum Gasteiger partial charge on any atom is -0.478 e. The number of piperidine rings is 2. The molecule has 29 heavy (non-hydrogen) atoms. The molecule has 6 heteroatoms. The summed E-state index contributed by atoms with van der Waals surface area (Å²) in [6.45, 7) is 6.83. The summed E-state index contributed by atoms with van der Waals surface area (Å²) in [4.78, 5) is 15.5. The number of halogens is 2. The fraction of sp³-hybridized carbons (Fsp3) is 0.696. The van der Waals surface area contributed by atoms with Crippen LogP contribution in [0.4, 0.5) is 0 Å². The highest BCUT2D eigenvalue weighted by Gasteiger charge is 2.52. The van der Waals surface area contributed by atoms with Gasteiger partial charge in [-0.05, 0) is 82.7 Å². The van der Waals surface area contributed by atoms with E-state index in [0.717, 1.165) is 18.5 Å². The number of nitrogens with zero attached hydrogens (tertiary/aromatic N) is 1. The first kappa shape index (κ1) is 21.3. The molecule has 4 rings (SSSR count). The van der Waals surface area contributed by atoms with Crippen LogP contribution in [0.25, 0.3) is 0 Å². The molecule has 0 unspecified atom stereocenters. The number of fused-ring (bicyclic) bond motifs is 1. The molecule has 2 aliphatic heterocycles. The Morgan fingerprint density at radius 1 is 1.17 bits per heavy atom. The SMILES string of the molecule is CC(C)(Oc1ccc([C@@H]2CC2(Cl)Cl)cc1)C(=O)NC[C@H]1CCCN2CCCC[C@H]12. The lowest BCUT2D eigenvalue weighted by Gasteiger charge is -2.44. The summed E-state index contributed by atoms with van der Waals surface area (Å²) in [5.74, 6) is 1.36. The Hall–Kier alpha value is -0.970. The highest BCUT2D eigenvalue weighted by Crippen LogP contribution is 2.59. The Morgan fingerprint density at radius 3 is 2.55 bits per heavy atom. The molecule has 3 fully saturated rings. The second-order valence-electron chi connectivity index (χ2n) is 9.41. The van der Waals surface area contributed by atoms with E-state index < -0.39 is 9.93 Å². The smallest absolute Gasteiger partial charge is 0.263 e. The number of carbonyl (C=O) groups excluding carboxylic acids is 1. The third kappa shape index (κ3) is 4.86. The zero-order valence-electron chi connectivity index (χ0n) is 17.4. The van der Waals surface area contributed by atoms with Gasteiger partial charge in [-0.3, -0.25) is 4.79 Å². The van der Waals surface area contributed by atoms with Crippen LogP contribution in [0.5, 0.6) is 5.75 Å². The average Bonchev–Trinajstić information content (AvgIpc) is 3.34. The van der Waals surface area contributed by atoms with Gasteiger partial charge in [0.05, 0.1) is 0 Å². The highest BCUT2D eigenvalue weighted by atomic mass is 35.5. The number of nitrogens with one attached hydrogen (secondary N) is 1. The van der Waals surface area contributed by atoms with Crippen molar-refractivity contribution in [2.75, 3.05) is 19.6 Å². The predicted octanol–water partition coefficient (Wildman–Crippen LogP) is 4.89. The standard InChI is InChI=1S/C23H32Cl2N2O2/c1-22(2,29-18-10-8-16(9-11-18)19-14-23(19,24)25)21(28)26-15-17-6-5-13-27-12-4-3-7-20(17)27/h8-11,17,19-20H,3-7,12-15H2,1-2H3,(H,26,28)/t17-,19+,20-/m1/s1. The maximum atomic E-state index is 12.9. The van der Waals surface area contributed by atoms with Crippen molar-refractivity contribution < 1.29 is 9.53 Å². The van der Waals surface area contributed by atoms with Gasteiger partial charge >= 0.3 is 0 Å². The molecule has 1 aromatic carbocycles. The van der Waals surface area contributed by atoms with Crippen LogP contribution in [0.1, 0.15) is 63.9 Å². The molecule has 0 spiro atoms. The summed E-state index contributed by atoms with van der Waals surface area (Å²) < 4.78 is 5.40. The number of amides is 1. The van der Waals surface area contributed by atoms with E-state index in [-0.39, 0.29) is 11.8 Å². The number of benzene rings is 1. The molecular formula is C23H32Cl2N2O2. The van der Waals surface area contributed by atoms with Gasteiger partial charge in [0.25, 0.3) is 5.91 Å². The molecule has 3 atom stereocenters. The van der Waals surface area contributed by atoms with Crippen molar-refractivity contribution >= 4 is 29.1 Å². The Labute approximate surface area is 184 Å². The molecule has 1 amide bonds. The molecule has 1 aliphatic carbocycles. The fourth-order valence-corrected chi connectivity index (χ4v) is 5.50. The van der Waals surface area contributed by atoms with E-state index in [1.54, 1.807) is 0 Å². The second-order valence-corrected chi connectivity index (χ2v) is 11.0. The third-order valence-corrected chi connectivity index (χ3v) is 7.62. The Balaban J connectivity index is 1.30. The number of hydrogen-bond donors (Lipinski definition) is 1. The molecule has 1 saturated carbocycles. The average molecular weight is 439 g/mol. The molecule has 4 nitrogen and oxygen atoms in total. The molecule has 1 N–H and O–H groups in total. The van der Waals surface area contributed by atoms with Crippen molar-refractivity contribution in [2.45, 2.75) is 74.3 Å². The van der Waals surface area contributed by atoms with E-state index in [2.05, 4.69) is 10.2 Å². The van der Waals surface area contributed by atoms with Gasteiger partial charge in [0.15, 0.2) is 5.60 Å². The van der Waals surface area contributed by atoms with Crippen molar-refractivity contribution in [2.24, 2.45) is 5.92 Å². The number of carbonyl (C=O) groups is 1. The summed E-state index contributed by atoms with van der Waals surface area (Å²) in [5, 5.41) is 3.17. The van der Waals surface area contributed by atoms with Gasteiger partial charge < -0.3 is 15.0 Å². The van der Waals surface area contributed by atoms with Crippen molar-refractivity contribution in [3.05, 3.63) is 29.8 Å². The lowest BCUT2D eigenvalue weighted by Crippen LogP contribution is -2.53. The van der Waals surface area contributed by atoms with Crippen LogP contribution < -0.4 is 10.1 Å². The summed E-state index contributed by atoms with van der Waals surface area (Å²) in [7, 11) is 0. The number of rotatable bonds is 6. The summed E-state index contributed by atoms with van der Waals surface area (Å²) in [5.41, 5.74) is 0.184. The zero-order valence-corrected chi connectivity index (χ0v) is 18.9. The quantitative estimate of drug-likeness (QED) is 0.642. The van der Waals surface area contributed by atoms with E-state index in [1.807, 2.05) is 38.1 Å². The number of hydrogen-bond acceptors (Lipinski definition) is 3. The van der Waals surface area contributed by atoms with Crippen LogP contribution in [0, 0.1) is 5.92 Å². The number of ether oxygens (including phenoxy) is 1. The molecular weight excluding hydrogens is 407 g/mol. The van der Waals surface area contributed by atoms with Crippen molar-refractivity contribution in [3.8, 4) is 5.75 Å². The van der Waals surface area contributed by atoms with Gasteiger partial charge in [0, 0.05) is 18.5 Å². The monoisotopic (exact) mass is 438 g/mol. The lowest BCUT2D eigenvalue weighted by molar-refractivity contribution is -0.134. The number of alkyl halides is 2. The normalized spacial score (nSPS) is 29.0. The van der Waals surface area contributed by atoms with Gasteiger partial charge in [0.2, 0.25) is 0 Å². The first-order valence-corrected chi connectivity index (χ1v) is 11.7. The second kappa shape index (κ2) is 8.28. The topological polar surface area (TPSA) is 41.6 Å². The Kier molecular flexibility index (Phi) is 6.07. The summed E-state index contributed by atoms with van der Waals surface area (Å²) in [6.07, 6.45) is 7.10. The molecule has 2 heterocycles. The van der Waals surface area contributed by atoms with Gasteiger partial charge in [-0.25, -0.2) is 0 Å². The first-order valence-electron chi connectivity index (χ1n) is 11.0. The summed E-state index contributed by atoms with van der Waals surface area (Å²) >= 11 is 12.3. The van der Waals surface area contributed by atoms with Gasteiger partial charge in [-0.1, -0.05) is 18.6 Å². The molecule has 160 valence electrons. The van der Waals surface area contributed by atoms with Crippen molar-refractivity contribution in [1.29, 1.82) is 0 Å². The largest absolute Gasteiger partial charge is 0.478 e. The van der Waals surface area contributed by atoms with Crippen molar-refractivity contribution in [3.63, 3.8) is 0 Å². The predicted molar refractivity (Wildman–Crippen MR) is 118 cm³/mol.